The Morgan fingerprint density at radius 2 is 2.05 bits per heavy atom. The van der Waals surface area contributed by atoms with Gasteiger partial charge in [0.05, 0.1) is 6.61 Å². The van der Waals surface area contributed by atoms with E-state index >= 15 is 0 Å². The number of aryl methyl sites for hydroxylation is 1. The summed E-state index contributed by atoms with van der Waals surface area (Å²) in [5.74, 6) is -0.00125. The van der Waals surface area contributed by atoms with E-state index in [1.807, 2.05) is 32.0 Å². The van der Waals surface area contributed by atoms with Crippen LogP contribution < -0.4 is 5.32 Å². The molecule has 0 heterocycles. The van der Waals surface area contributed by atoms with Gasteiger partial charge in [-0.2, -0.15) is 0 Å². The van der Waals surface area contributed by atoms with Gasteiger partial charge in [0.25, 0.3) is 5.91 Å². The Bertz CT molecular complexity index is 432. The normalized spacial score (nSPS) is 10.4. The minimum atomic E-state index is -0.00125. The first-order valence-corrected chi connectivity index (χ1v) is 7.38. The molecule has 0 bridgehead atoms. The Kier molecular flexibility index (Phi) is 7.09. The van der Waals surface area contributed by atoms with Crippen molar-refractivity contribution in [3.05, 3.63) is 29.3 Å². The average Bonchev–Trinajstić information content (AvgIpc) is 2.45. The Morgan fingerprint density at radius 3 is 2.60 bits per heavy atom. The van der Waals surface area contributed by atoms with E-state index in [1.165, 1.54) is 0 Å². The molecule has 0 saturated heterocycles. The Labute approximate surface area is 121 Å². The average molecular weight is 278 g/mol. The molecule has 0 aliphatic carbocycles. The molecule has 1 rings (SSSR count). The molecule has 4 heteroatoms. The highest BCUT2D eigenvalue weighted by Crippen LogP contribution is 2.17. The molecular formula is C16H26N2O2. The fraction of sp³-hybridized carbons (Fsp3) is 0.562. The molecule has 0 fully saturated rings. The molecule has 0 radical (unpaired) electrons. The second kappa shape index (κ2) is 8.59. The van der Waals surface area contributed by atoms with Crippen LogP contribution >= 0.6 is 0 Å². The van der Waals surface area contributed by atoms with Gasteiger partial charge in [0, 0.05) is 30.9 Å². The number of unbranched alkanes of at least 4 members (excludes halogenated alkanes) is 1. The number of nitrogens with one attached hydrogen (secondary N) is 1. The molecule has 112 valence electrons. The number of carbonyl (C=O) groups excluding carboxylic acids is 1. The highest BCUT2D eigenvalue weighted by Gasteiger charge is 2.15. The second-order valence-electron chi connectivity index (χ2n) is 4.93. The summed E-state index contributed by atoms with van der Waals surface area (Å²) in [6.45, 7) is 8.10. The molecule has 0 atom stereocenters. The number of carbonyl (C=O) groups is 1. The van der Waals surface area contributed by atoms with E-state index in [1.54, 1.807) is 4.90 Å². The molecule has 0 saturated carbocycles. The first kappa shape index (κ1) is 16.5. The summed E-state index contributed by atoms with van der Waals surface area (Å²) in [5.41, 5.74) is 2.82. The van der Waals surface area contributed by atoms with Gasteiger partial charge in [-0.05, 0) is 44.0 Å². The number of aliphatic hydroxyl groups excluding tert-OH is 1. The maximum atomic E-state index is 12.5. The van der Waals surface area contributed by atoms with E-state index in [0.29, 0.717) is 18.7 Å². The van der Waals surface area contributed by atoms with Crippen molar-refractivity contribution in [2.45, 2.75) is 33.6 Å². The van der Waals surface area contributed by atoms with Gasteiger partial charge < -0.3 is 15.3 Å². The van der Waals surface area contributed by atoms with Gasteiger partial charge in [-0.1, -0.05) is 13.3 Å². The van der Waals surface area contributed by atoms with Crippen molar-refractivity contribution in [2.75, 3.05) is 31.6 Å². The van der Waals surface area contributed by atoms with Crippen molar-refractivity contribution in [1.82, 2.24) is 4.90 Å². The van der Waals surface area contributed by atoms with Crippen LogP contribution in [0.3, 0.4) is 0 Å². The van der Waals surface area contributed by atoms with Crippen molar-refractivity contribution in [3.63, 3.8) is 0 Å². The summed E-state index contributed by atoms with van der Waals surface area (Å²) in [6, 6.07) is 5.71. The number of anilines is 1. The van der Waals surface area contributed by atoms with E-state index in [2.05, 4.69) is 12.2 Å². The predicted octanol–water partition coefficient (Wildman–Crippen LogP) is 2.66. The van der Waals surface area contributed by atoms with E-state index in [-0.39, 0.29) is 12.5 Å². The predicted molar refractivity (Wildman–Crippen MR) is 83.2 cm³/mol. The minimum absolute atomic E-state index is 0.00125. The first-order chi connectivity index (χ1) is 9.63. The standard InChI is InChI=1S/C16H26N2O2/c1-4-6-9-18(10-11-19)16(20)14-7-8-15(17-5-2)13(3)12-14/h7-8,12,17,19H,4-6,9-11H2,1-3H3. The van der Waals surface area contributed by atoms with Gasteiger partial charge in [0.2, 0.25) is 0 Å². The number of nitrogens with zero attached hydrogens (tertiary/aromatic N) is 1. The maximum absolute atomic E-state index is 12.5. The summed E-state index contributed by atoms with van der Waals surface area (Å²) < 4.78 is 0. The zero-order chi connectivity index (χ0) is 15.0. The fourth-order valence-electron chi connectivity index (χ4n) is 2.15. The Balaban J connectivity index is 2.85. The van der Waals surface area contributed by atoms with Gasteiger partial charge in [-0.3, -0.25) is 4.79 Å². The lowest BCUT2D eigenvalue weighted by atomic mass is 10.1. The van der Waals surface area contributed by atoms with E-state index in [9.17, 15) is 4.79 Å². The lowest BCUT2D eigenvalue weighted by molar-refractivity contribution is 0.0719. The third kappa shape index (κ3) is 4.53. The van der Waals surface area contributed by atoms with Crippen molar-refractivity contribution in [2.24, 2.45) is 0 Å². The molecular weight excluding hydrogens is 252 g/mol. The smallest absolute Gasteiger partial charge is 0.253 e. The lowest BCUT2D eigenvalue weighted by Gasteiger charge is -2.22. The molecule has 0 unspecified atom stereocenters. The number of rotatable bonds is 8. The molecule has 2 N–H and O–H groups in total. The van der Waals surface area contributed by atoms with Crippen LogP contribution in [0.2, 0.25) is 0 Å². The SMILES string of the molecule is CCCCN(CCO)C(=O)c1ccc(NCC)c(C)c1. The zero-order valence-electron chi connectivity index (χ0n) is 12.8. The van der Waals surface area contributed by atoms with Gasteiger partial charge in [-0.25, -0.2) is 0 Å². The minimum Gasteiger partial charge on any atom is -0.395 e. The highest BCUT2D eigenvalue weighted by molar-refractivity contribution is 5.95. The van der Waals surface area contributed by atoms with Crippen LogP contribution in [0.1, 0.15) is 42.6 Å². The molecule has 4 nitrogen and oxygen atoms in total. The van der Waals surface area contributed by atoms with Crippen molar-refractivity contribution in [3.8, 4) is 0 Å². The maximum Gasteiger partial charge on any atom is 0.253 e. The molecule has 1 aromatic rings. The van der Waals surface area contributed by atoms with Crippen molar-refractivity contribution >= 4 is 11.6 Å². The summed E-state index contributed by atoms with van der Waals surface area (Å²) in [4.78, 5) is 14.2. The third-order valence-electron chi connectivity index (χ3n) is 3.28. The molecule has 0 aliphatic heterocycles. The number of hydrogen-bond donors (Lipinski definition) is 2. The molecule has 0 spiro atoms. The molecule has 20 heavy (non-hydrogen) atoms. The number of hydrogen-bond acceptors (Lipinski definition) is 3. The number of aliphatic hydroxyl groups is 1. The van der Waals surface area contributed by atoms with Gasteiger partial charge >= 0.3 is 0 Å². The molecule has 0 aliphatic rings. The van der Waals surface area contributed by atoms with E-state index in [4.69, 9.17) is 5.11 Å². The summed E-state index contributed by atoms with van der Waals surface area (Å²) >= 11 is 0. The number of benzene rings is 1. The van der Waals surface area contributed by atoms with E-state index < -0.39 is 0 Å². The molecule has 1 aromatic carbocycles. The monoisotopic (exact) mass is 278 g/mol. The third-order valence-corrected chi connectivity index (χ3v) is 3.28. The topological polar surface area (TPSA) is 52.6 Å². The highest BCUT2D eigenvalue weighted by atomic mass is 16.3. The van der Waals surface area contributed by atoms with Crippen LogP contribution in [0.4, 0.5) is 5.69 Å². The van der Waals surface area contributed by atoms with Crippen molar-refractivity contribution in [1.29, 1.82) is 0 Å². The fourth-order valence-corrected chi connectivity index (χ4v) is 2.15. The van der Waals surface area contributed by atoms with Crippen molar-refractivity contribution < 1.29 is 9.90 Å². The van der Waals surface area contributed by atoms with Crippen LogP contribution in [0.15, 0.2) is 18.2 Å². The first-order valence-electron chi connectivity index (χ1n) is 7.38. The van der Waals surface area contributed by atoms with Crippen LogP contribution in [0.5, 0.6) is 0 Å². The Hall–Kier alpha value is -1.55. The summed E-state index contributed by atoms with van der Waals surface area (Å²) in [6.07, 6.45) is 1.99. The van der Waals surface area contributed by atoms with Crippen LogP contribution in [0.25, 0.3) is 0 Å². The number of amides is 1. The Morgan fingerprint density at radius 1 is 1.30 bits per heavy atom. The van der Waals surface area contributed by atoms with Gasteiger partial charge in [0.1, 0.15) is 0 Å². The molecule has 1 amide bonds. The van der Waals surface area contributed by atoms with Gasteiger partial charge in [-0.15, -0.1) is 0 Å². The van der Waals surface area contributed by atoms with E-state index in [0.717, 1.165) is 30.6 Å². The second-order valence-corrected chi connectivity index (χ2v) is 4.93. The largest absolute Gasteiger partial charge is 0.395 e. The zero-order valence-corrected chi connectivity index (χ0v) is 12.8. The summed E-state index contributed by atoms with van der Waals surface area (Å²) in [5, 5.41) is 12.4. The quantitative estimate of drug-likeness (QED) is 0.768. The van der Waals surface area contributed by atoms with Crippen LogP contribution in [-0.2, 0) is 0 Å². The summed E-state index contributed by atoms with van der Waals surface area (Å²) in [7, 11) is 0. The molecule has 0 aromatic heterocycles. The van der Waals surface area contributed by atoms with Crippen LogP contribution in [0, 0.1) is 6.92 Å². The van der Waals surface area contributed by atoms with Gasteiger partial charge in [0.15, 0.2) is 0 Å². The van der Waals surface area contributed by atoms with Crippen LogP contribution in [-0.4, -0.2) is 42.2 Å². The lowest BCUT2D eigenvalue weighted by Crippen LogP contribution is -2.34.